The number of hydrogen-bond acceptors (Lipinski definition) is 6. The Kier molecular flexibility index (Phi) is 3.15. The van der Waals surface area contributed by atoms with Crippen LogP contribution < -0.4 is 15.2 Å². The van der Waals surface area contributed by atoms with Gasteiger partial charge in [0.15, 0.2) is 11.5 Å². The Morgan fingerprint density at radius 2 is 1.90 bits per heavy atom. The molecule has 0 saturated carbocycles. The lowest BCUT2D eigenvalue weighted by molar-refractivity contribution is 0.355. The van der Waals surface area contributed by atoms with E-state index in [9.17, 15) is 0 Å². The molecular formula is C14H13N3O2S. The molecule has 5 nitrogen and oxygen atoms in total. The molecule has 102 valence electrons. The molecule has 0 unspecified atom stereocenters. The van der Waals surface area contributed by atoms with Crippen LogP contribution in [0.5, 0.6) is 11.5 Å². The fourth-order valence-corrected chi connectivity index (χ4v) is 3.04. The summed E-state index contributed by atoms with van der Waals surface area (Å²) in [6.45, 7) is 0. The van der Waals surface area contributed by atoms with Crippen molar-refractivity contribution in [2.45, 2.75) is 0 Å². The third kappa shape index (κ3) is 1.94. The van der Waals surface area contributed by atoms with Gasteiger partial charge in [-0.2, -0.15) is 0 Å². The molecule has 1 aromatic carbocycles. The molecule has 0 aliphatic carbocycles. The number of rotatable bonds is 3. The highest BCUT2D eigenvalue weighted by molar-refractivity contribution is 7.17. The molecule has 6 heteroatoms. The zero-order chi connectivity index (χ0) is 14.1. The molecule has 2 heterocycles. The normalized spacial score (nSPS) is 10.7. The molecule has 0 spiro atoms. The summed E-state index contributed by atoms with van der Waals surface area (Å²) in [6, 6.07) is 5.76. The average molecular weight is 287 g/mol. The van der Waals surface area contributed by atoms with Crippen molar-refractivity contribution in [3.05, 3.63) is 29.9 Å². The lowest BCUT2D eigenvalue weighted by atomic mass is 10.1. The Morgan fingerprint density at radius 3 is 2.65 bits per heavy atom. The fourth-order valence-electron chi connectivity index (χ4n) is 2.11. The number of anilines is 1. The number of methoxy groups -OCH3 is 2. The summed E-state index contributed by atoms with van der Waals surface area (Å²) in [4.78, 5) is 9.17. The second-order valence-electron chi connectivity index (χ2n) is 4.16. The SMILES string of the molecule is COc1ccc(-c2csc3ncnc(N)c23)cc1OC. The molecule has 0 amide bonds. The first-order valence-corrected chi connectivity index (χ1v) is 6.82. The molecule has 0 saturated heterocycles. The monoisotopic (exact) mass is 287 g/mol. The minimum Gasteiger partial charge on any atom is -0.493 e. The molecule has 3 aromatic rings. The van der Waals surface area contributed by atoms with E-state index < -0.39 is 0 Å². The molecular weight excluding hydrogens is 274 g/mol. The van der Waals surface area contributed by atoms with Crippen LogP contribution in [-0.4, -0.2) is 24.2 Å². The van der Waals surface area contributed by atoms with E-state index in [1.54, 1.807) is 25.6 Å². The second-order valence-corrected chi connectivity index (χ2v) is 5.02. The van der Waals surface area contributed by atoms with Crippen molar-refractivity contribution in [1.29, 1.82) is 0 Å². The average Bonchev–Trinajstić information content (AvgIpc) is 2.92. The van der Waals surface area contributed by atoms with E-state index in [2.05, 4.69) is 9.97 Å². The number of fused-ring (bicyclic) bond motifs is 1. The highest BCUT2D eigenvalue weighted by Crippen LogP contribution is 2.38. The van der Waals surface area contributed by atoms with Crippen molar-refractivity contribution in [3.8, 4) is 22.6 Å². The zero-order valence-electron chi connectivity index (χ0n) is 11.1. The summed E-state index contributed by atoms with van der Waals surface area (Å²) in [5.74, 6) is 1.86. The molecule has 20 heavy (non-hydrogen) atoms. The predicted octanol–water partition coefficient (Wildman–Crippen LogP) is 2.96. The molecule has 3 rings (SSSR count). The van der Waals surface area contributed by atoms with Gasteiger partial charge < -0.3 is 15.2 Å². The number of thiophene rings is 1. The maximum absolute atomic E-state index is 5.97. The lowest BCUT2D eigenvalue weighted by Gasteiger charge is -2.09. The van der Waals surface area contributed by atoms with Crippen molar-refractivity contribution >= 4 is 27.4 Å². The van der Waals surface area contributed by atoms with E-state index in [1.807, 2.05) is 23.6 Å². The Labute approximate surface area is 120 Å². The minimum absolute atomic E-state index is 0.487. The number of nitrogen functional groups attached to an aromatic ring is 1. The fraction of sp³-hybridized carbons (Fsp3) is 0.143. The third-order valence-electron chi connectivity index (χ3n) is 3.09. The van der Waals surface area contributed by atoms with Gasteiger partial charge in [-0.3, -0.25) is 0 Å². The van der Waals surface area contributed by atoms with Crippen molar-refractivity contribution in [1.82, 2.24) is 9.97 Å². The topological polar surface area (TPSA) is 70.3 Å². The van der Waals surface area contributed by atoms with Crippen molar-refractivity contribution in [3.63, 3.8) is 0 Å². The van der Waals surface area contributed by atoms with E-state index in [1.165, 1.54) is 6.33 Å². The molecule has 0 aliphatic heterocycles. The summed E-state index contributed by atoms with van der Waals surface area (Å²) in [6.07, 6.45) is 1.48. The molecule has 2 N–H and O–H groups in total. The van der Waals surface area contributed by atoms with Gasteiger partial charge >= 0.3 is 0 Å². The van der Waals surface area contributed by atoms with E-state index in [-0.39, 0.29) is 0 Å². The van der Waals surface area contributed by atoms with Crippen LogP contribution in [0, 0.1) is 0 Å². The minimum atomic E-state index is 0.487. The smallest absolute Gasteiger partial charge is 0.161 e. The molecule has 0 aliphatic rings. The molecule has 0 bridgehead atoms. The van der Waals surface area contributed by atoms with Gasteiger partial charge in [0.25, 0.3) is 0 Å². The summed E-state index contributed by atoms with van der Waals surface area (Å²) in [5, 5.41) is 2.90. The van der Waals surface area contributed by atoms with Gasteiger partial charge in [0, 0.05) is 10.9 Å². The second kappa shape index (κ2) is 4.97. The highest BCUT2D eigenvalue weighted by Gasteiger charge is 2.13. The first kappa shape index (κ1) is 12.7. The highest BCUT2D eigenvalue weighted by atomic mass is 32.1. The van der Waals surface area contributed by atoms with Crippen LogP contribution in [0.2, 0.25) is 0 Å². The van der Waals surface area contributed by atoms with Crippen LogP contribution in [0.4, 0.5) is 5.82 Å². The first-order chi connectivity index (χ1) is 9.74. The van der Waals surface area contributed by atoms with Crippen LogP contribution in [0.1, 0.15) is 0 Å². The number of ether oxygens (including phenoxy) is 2. The van der Waals surface area contributed by atoms with Gasteiger partial charge in [-0.25, -0.2) is 9.97 Å². The Bertz CT molecular complexity index is 770. The maximum atomic E-state index is 5.97. The first-order valence-electron chi connectivity index (χ1n) is 5.94. The molecule has 0 fully saturated rings. The summed E-state index contributed by atoms with van der Waals surface area (Å²) >= 11 is 1.54. The maximum Gasteiger partial charge on any atom is 0.161 e. The predicted molar refractivity (Wildman–Crippen MR) is 80.4 cm³/mol. The summed E-state index contributed by atoms with van der Waals surface area (Å²) in [7, 11) is 3.23. The lowest BCUT2D eigenvalue weighted by Crippen LogP contribution is -1.93. The van der Waals surface area contributed by atoms with Crippen LogP contribution in [0.3, 0.4) is 0 Å². The van der Waals surface area contributed by atoms with E-state index in [4.69, 9.17) is 15.2 Å². The molecule has 2 aromatic heterocycles. The standard InChI is InChI=1S/C14H13N3O2S/c1-18-10-4-3-8(5-11(10)19-2)9-6-20-14-12(9)13(15)16-7-17-14/h3-7H,1-2H3,(H2,15,16,17). The molecule has 0 radical (unpaired) electrons. The van der Waals surface area contributed by atoms with Crippen LogP contribution in [0.25, 0.3) is 21.3 Å². The van der Waals surface area contributed by atoms with Gasteiger partial charge in [-0.1, -0.05) is 6.07 Å². The number of aromatic nitrogens is 2. The van der Waals surface area contributed by atoms with Crippen LogP contribution in [0.15, 0.2) is 29.9 Å². The zero-order valence-corrected chi connectivity index (χ0v) is 11.9. The summed E-state index contributed by atoms with van der Waals surface area (Å²) in [5.41, 5.74) is 7.96. The summed E-state index contributed by atoms with van der Waals surface area (Å²) < 4.78 is 10.6. The van der Waals surface area contributed by atoms with Gasteiger partial charge in [0.1, 0.15) is 17.0 Å². The van der Waals surface area contributed by atoms with Crippen LogP contribution in [-0.2, 0) is 0 Å². The van der Waals surface area contributed by atoms with Crippen LogP contribution >= 0.6 is 11.3 Å². The van der Waals surface area contributed by atoms with Crippen molar-refractivity contribution in [2.24, 2.45) is 0 Å². The van der Waals surface area contributed by atoms with E-state index >= 15 is 0 Å². The van der Waals surface area contributed by atoms with E-state index in [0.717, 1.165) is 21.3 Å². The van der Waals surface area contributed by atoms with Crippen molar-refractivity contribution < 1.29 is 9.47 Å². The Morgan fingerprint density at radius 1 is 1.10 bits per heavy atom. The third-order valence-corrected chi connectivity index (χ3v) is 3.98. The van der Waals surface area contributed by atoms with Gasteiger partial charge in [-0.15, -0.1) is 11.3 Å². The number of nitrogens with zero attached hydrogens (tertiary/aromatic N) is 2. The van der Waals surface area contributed by atoms with Gasteiger partial charge in [-0.05, 0) is 17.7 Å². The largest absolute Gasteiger partial charge is 0.493 e. The van der Waals surface area contributed by atoms with Gasteiger partial charge in [0.2, 0.25) is 0 Å². The number of hydrogen-bond donors (Lipinski definition) is 1. The Hall–Kier alpha value is -2.34. The quantitative estimate of drug-likeness (QED) is 0.802. The van der Waals surface area contributed by atoms with Crippen molar-refractivity contribution in [2.75, 3.05) is 20.0 Å². The number of benzene rings is 1. The Balaban J connectivity index is 2.21. The van der Waals surface area contributed by atoms with E-state index in [0.29, 0.717) is 17.3 Å². The molecule has 0 atom stereocenters. The number of nitrogens with two attached hydrogens (primary N) is 1. The van der Waals surface area contributed by atoms with Gasteiger partial charge in [0.05, 0.1) is 19.6 Å².